The van der Waals surface area contributed by atoms with E-state index in [0.29, 0.717) is 5.56 Å². The van der Waals surface area contributed by atoms with E-state index >= 15 is 0 Å². The average Bonchev–Trinajstić information content (AvgIpc) is 2.49. The van der Waals surface area contributed by atoms with Gasteiger partial charge in [-0.05, 0) is 30.2 Å². The summed E-state index contributed by atoms with van der Waals surface area (Å²) in [7, 11) is 1.64. The zero-order valence-electron chi connectivity index (χ0n) is 11.9. The zero-order valence-corrected chi connectivity index (χ0v) is 11.9. The summed E-state index contributed by atoms with van der Waals surface area (Å²) in [6.07, 6.45) is 0. The molecule has 0 bridgehead atoms. The molecule has 0 saturated carbocycles. The van der Waals surface area contributed by atoms with E-state index in [1.165, 1.54) is 16.7 Å². The molecule has 2 N–H and O–H groups in total. The van der Waals surface area contributed by atoms with Crippen molar-refractivity contribution in [2.24, 2.45) is 0 Å². The summed E-state index contributed by atoms with van der Waals surface area (Å²) in [5.74, 6) is -0.0517. The normalized spacial score (nSPS) is 10.3. The summed E-state index contributed by atoms with van der Waals surface area (Å²) >= 11 is 0. The van der Waals surface area contributed by atoms with Crippen LogP contribution in [0.4, 0.5) is 0 Å². The minimum atomic E-state index is -0.0517. The van der Waals surface area contributed by atoms with E-state index in [9.17, 15) is 4.79 Å². The average molecular weight is 268 g/mol. The number of rotatable bonds is 5. The van der Waals surface area contributed by atoms with Gasteiger partial charge in [0, 0.05) is 25.7 Å². The van der Waals surface area contributed by atoms with Crippen LogP contribution in [0.2, 0.25) is 0 Å². The smallest absolute Gasteiger partial charge is 0.251 e. The molecule has 1 amide bonds. The molecule has 2 aromatic rings. The number of carbonyl (C=O) groups excluding carboxylic acids is 1. The summed E-state index contributed by atoms with van der Waals surface area (Å²) in [5.41, 5.74) is 4.41. The summed E-state index contributed by atoms with van der Waals surface area (Å²) in [5, 5.41) is 6.01. The first-order valence-electron chi connectivity index (χ1n) is 6.76. The van der Waals surface area contributed by atoms with Crippen molar-refractivity contribution in [1.82, 2.24) is 10.6 Å². The molecule has 0 aliphatic rings. The summed E-state index contributed by atoms with van der Waals surface area (Å²) in [6, 6.07) is 16.2. The SMILES string of the molecule is CNC(=O)c1ccc(CNCc2ccc(C)cc2)cc1. The van der Waals surface area contributed by atoms with Gasteiger partial charge < -0.3 is 10.6 Å². The molecule has 0 unspecified atom stereocenters. The number of amides is 1. The molecule has 20 heavy (non-hydrogen) atoms. The monoisotopic (exact) mass is 268 g/mol. The number of hydrogen-bond acceptors (Lipinski definition) is 2. The topological polar surface area (TPSA) is 41.1 Å². The van der Waals surface area contributed by atoms with Gasteiger partial charge in [0.1, 0.15) is 0 Å². The lowest BCUT2D eigenvalue weighted by atomic mass is 10.1. The van der Waals surface area contributed by atoms with Crippen molar-refractivity contribution in [3.8, 4) is 0 Å². The highest BCUT2D eigenvalue weighted by Crippen LogP contribution is 2.06. The van der Waals surface area contributed by atoms with Crippen LogP contribution in [0.1, 0.15) is 27.0 Å². The number of nitrogens with one attached hydrogen (secondary N) is 2. The van der Waals surface area contributed by atoms with Crippen LogP contribution in [0, 0.1) is 6.92 Å². The maximum atomic E-state index is 11.4. The van der Waals surface area contributed by atoms with Gasteiger partial charge in [0.15, 0.2) is 0 Å². The fourth-order valence-corrected chi connectivity index (χ4v) is 1.98. The van der Waals surface area contributed by atoms with Gasteiger partial charge in [-0.1, -0.05) is 42.0 Å². The molecule has 3 nitrogen and oxygen atoms in total. The molecule has 0 aliphatic carbocycles. The third-order valence-corrected chi connectivity index (χ3v) is 3.22. The Hall–Kier alpha value is -2.13. The van der Waals surface area contributed by atoms with Gasteiger partial charge in [0.25, 0.3) is 5.91 Å². The lowest BCUT2D eigenvalue weighted by molar-refractivity contribution is 0.0963. The molecule has 3 heteroatoms. The van der Waals surface area contributed by atoms with Crippen molar-refractivity contribution in [1.29, 1.82) is 0 Å². The van der Waals surface area contributed by atoms with E-state index in [4.69, 9.17) is 0 Å². The molecule has 2 aromatic carbocycles. The summed E-state index contributed by atoms with van der Waals surface area (Å²) < 4.78 is 0. The molecule has 0 fully saturated rings. The van der Waals surface area contributed by atoms with Crippen LogP contribution in [0.25, 0.3) is 0 Å². The van der Waals surface area contributed by atoms with Gasteiger partial charge in [0.2, 0.25) is 0 Å². The molecule has 2 rings (SSSR count). The van der Waals surface area contributed by atoms with Gasteiger partial charge in [-0.15, -0.1) is 0 Å². The highest BCUT2D eigenvalue weighted by molar-refractivity contribution is 5.93. The molecule has 0 heterocycles. The van der Waals surface area contributed by atoms with E-state index in [1.54, 1.807) is 7.05 Å². The number of hydrogen-bond donors (Lipinski definition) is 2. The van der Waals surface area contributed by atoms with Crippen LogP contribution in [-0.4, -0.2) is 13.0 Å². The van der Waals surface area contributed by atoms with Crippen molar-refractivity contribution in [2.45, 2.75) is 20.0 Å². The van der Waals surface area contributed by atoms with Crippen molar-refractivity contribution >= 4 is 5.91 Å². The van der Waals surface area contributed by atoms with Gasteiger partial charge >= 0.3 is 0 Å². The molecular weight excluding hydrogens is 248 g/mol. The van der Waals surface area contributed by atoms with Crippen LogP contribution in [0.3, 0.4) is 0 Å². The third kappa shape index (κ3) is 3.93. The second kappa shape index (κ2) is 6.87. The molecule has 0 radical (unpaired) electrons. The van der Waals surface area contributed by atoms with Crippen molar-refractivity contribution in [3.63, 3.8) is 0 Å². The van der Waals surface area contributed by atoms with Crippen molar-refractivity contribution in [3.05, 3.63) is 70.8 Å². The second-order valence-electron chi connectivity index (χ2n) is 4.87. The van der Waals surface area contributed by atoms with Crippen LogP contribution in [0.5, 0.6) is 0 Å². The zero-order chi connectivity index (χ0) is 14.4. The lowest BCUT2D eigenvalue weighted by Crippen LogP contribution is -2.18. The molecule has 0 atom stereocenters. The van der Waals surface area contributed by atoms with Crippen LogP contribution >= 0.6 is 0 Å². The highest BCUT2D eigenvalue weighted by atomic mass is 16.1. The molecule has 0 spiro atoms. The number of benzene rings is 2. The fraction of sp³-hybridized carbons (Fsp3) is 0.235. The van der Waals surface area contributed by atoms with Crippen molar-refractivity contribution < 1.29 is 4.79 Å². The Kier molecular flexibility index (Phi) is 4.91. The fourth-order valence-electron chi connectivity index (χ4n) is 1.98. The number of carbonyl (C=O) groups is 1. The van der Waals surface area contributed by atoms with Crippen LogP contribution < -0.4 is 10.6 Å². The van der Waals surface area contributed by atoms with Crippen LogP contribution in [-0.2, 0) is 13.1 Å². The molecule has 0 aliphatic heterocycles. The van der Waals surface area contributed by atoms with Crippen molar-refractivity contribution in [2.75, 3.05) is 7.05 Å². The Balaban J connectivity index is 1.85. The van der Waals surface area contributed by atoms with E-state index in [0.717, 1.165) is 13.1 Å². The predicted molar refractivity (Wildman–Crippen MR) is 81.6 cm³/mol. The Bertz CT molecular complexity index is 559. The second-order valence-corrected chi connectivity index (χ2v) is 4.87. The predicted octanol–water partition coefficient (Wildman–Crippen LogP) is 2.64. The van der Waals surface area contributed by atoms with Gasteiger partial charge in [-0.2, -0.15) is 0 Å². The van der Waals surface area contributed by atoms with E-state index in [2.05, 4.69) is 41.8 Å². The van der Waals surface area contributed by atoms with E-state index in [-0.39, 0.29) is 5.91 Å². The summed E-state index contributed by atoms with van der Waals surface area (Å²) in [6.45, 7) is 3.73. The maximum absolute atomic E-state index is 11.4. The largest absolute Gasteiger partial charge is 0.355 e. The van der Waals surface area contributed by atoms with Crippen LogP contribution in [0.15, 0.2) is 48.5 Å². The van der Waals surface area contributed by atoms with Gasteiger partial charge in [-0.25, -0.2) is 0 Å². The van der Waals surface area contributed by atoms with Gasteiger partial charge in [-0.3, -0.25) is 4.79 Å². The Morgan fingerprint density at radius 1 is 0.900 bits per heavy atom. The first-order valence-corrected chi connectivity index (χ1v) is 6.76. The highest BCUT2D eigenvalue weighted by Gasteiger charge is 2.02. The minimum Gasteiger partial charge on any atom is -0.355 e. The first kappa shape index (κ1) is 14.3. The molecular formula is C17H20N2O. The first-order chi connectivity index (χ1) is 9.69. The number of aryl methyl sites for hydroxylation is 1. The third-order valence-electron chi connectivity index (χ3n) is 3.22. The molecule has 0 saturated heterocycles. The molecule has 104 valence electrons. The standard InChI is InChI=1S/C17H20N2O/c1-13-3-5-14(6-4-13)11-19-12-15-7-9-16(10-8-15)17(20)18-2/h3-10,19H,11-12H2,1-2H3,(H,18,20). The van der Waals surface area contributed by atoms with E-state index < -0.39 is 0 Å². The Morgan fingerprint density at radius 3 is 1.90 bits per heavy atom. The minimum absolute atomic E-state index is 0.0517. The maximum Gasteiger partial charge on any atom is 0.251 e. The van der Waals surface area contributed by atoms with Gasteiger partial charge in [0.05, 0.1) is 0 Å². The van der Waals surface area contributed by atoms with E-state index in [1.807, 2.05) is 24.3 Å². The Labute approximate surface area is 120 Å². The summed E-state index contributed by atoms with van der Waals surface area (Å²) in [4.78, 5) is 11.4. The lowest BCUT2D eigenvalue weighted by Gasteiger charge is -2.06. The Morgan fingerprint density at radius 2 is 1.40 bits per heavy atom. The molecule has 0 aromatic heterocycles. The quantitative estimate of drug-likeness (QED) is 0.875.